The molecule has 1 aromatic rings. The van der Waals surface area contributed by atoms with Crippen molar-refractivity contribution in [2.24, 2.45) is 5.92 Å². The number of nitrogens with one attached hydrogen (secondary N) is 2. The van der Waals surface area contributed by atoms with Gasteiger partial charge in [0.15, 0.2) is 0 Å². The van der Waals surface area contributed by atoms with Gasteiger partial charge in [-0.3, -0.25) is 4.79 Å². The van der Waals surface area contributed by atoms with Gasteiger partial charge >= 0.3 is 0 Å². The van der Waals surface area contributed by atoms with Crippen molar-refractivity contribution in [1.82, 2.24) is 15.5 Å². The summed E-state index contributed by atoms with van der Waals surface area (Å²) >= 11 is 0. The fourth-order valence-electron chi connectivity index (χ4n) is 5.78. The molecule has 0 unspecified atom stereocenters. The summed E-state index contributed by atoms with van der Waals surface area (Å²) in [7, 11) is 2.17. The van der Waals surface area contributed by atoms with Crippen LogP contribution in [0.1, 0.15) is 67.9 Å². The molecule has 6 heteroatoms. The van der Waals surface area contributed by atoms with Crippen LogP contribution in [0.15, 0.2) is 47.3 Å². The molecule has 0 bridgehead atoms. The lowest BCUT2D eigenvalue weighted by Gasteiger charge is -2.36. The highest BCUT2D eigenvalue weighted by Crippen LogP contribution is 2.30. The van der Waals surface area contributed by atoms with Crippen molar-refractivity contribution in [3.63, 3.8) is 0 Å². The molecule has 38 heavy (non-hydrogen) atoms. The number of hydrogen-bond acceptors (Lipinski definition) is 5. The second-order valence-corrected chi connectivity index (χ2v) is 10.9. The molecule has 2 saturated heterocycles. The van der Waals surface area contributed by atoms with E-state index in [0.717, 1.165) is 97.9 Å². The van der Waals surface area contributed by atoms with E-state index in [1.165, 1.54) is 0 Å². The molecule has 2 N–H and O–H groups in total. The number of benzene rings is 1. The molecule has 204 valence electrons. The van der Waals surface area contributed by atoms with Crippen molar-refractivity contribution in [3.05, 3.63) is 64.0 Å². The first-order valence-electron chi connectivity index (χ1n) is 14.1. The van der Waals surface area contributed by atoms with Crippen LogP contribution in [0, 0.1) is 24.7 Å². The Kier molecular flexibility index (Phi) is 9.35. The van der Waals surface area contributed by atoms with E-state index in [2.05, 4.69) is 78.8 Å². The topological polar surface area (TPSA) is 56.8 Å². The molecular weight excluding hydrogens is 472 g/mol. The van der Waals surface area contributed by atoms with E-state index >= 15 is 0 Å². The molecule has 3 aliphatic heterocycles. The highest BCUT2D eigenvalue weighted by Gasteiger charge is 2.25. The Hall–Kier alpha value is -3.01. The van der Waals surface area contributed by atoms with E-state index in [-0.39, 0.29) is 5.91 Å². The third-order valence-electron chi connectivity index (χ3n) is 8.09. The Morgan fingerprint density at radius 2 is 1.89 bits per heavy atom. The minimum atomic E-state index is -0.0749. The molecule has 3 aliphatic rings. The molecule has 0 aliphatic carbocycles. The Morgan fingerprint density at radius 1 is 1.18 bits per heavy atom. The van der Waals surface area contributed by atoms with Gasteiger partial charge in [0.05, 0.1) is 0 Å². The first kappa shape index (κ1) is 28.0. The number of likely N-dealkylation sites (tertiary alicyclic amines) is 1. The minimum Gasteiger partial charge on any atom is -0.381 e. The van der Waals surface area contributed by atoms with E-state index in [1.807, 2.05) is 13.0 Å². The lowest BCUT2D eigenvalue weighted by molar-refractivity contribution is 0.0846. The van der Waals surface area contributed by atoms with E-state index in [0.29, 0.717) is 24.1 Å². The van der Waals surface area contributed by atoms with Gasteiger partial charge in [0, 0.05) is 66.5 Å². The number of nitrogens with zero attached hydrogens (tertiary/aromatic N) is 2. The van der Waals surface area contributed by atoms with Gasteiger partial charge in [-0.1, -0.05) is 18.4 Å². The monoisotopic (exact) mass is 516 g/mol. The number of hydrogen-bond donors (Lipinski definition) is 2. The second-order valence-electron chi connectivity index (χ2n) is 10.9. The van der Waals surface area contributed by atoms with Crippen LogP contribution in [0.3, 0.4) is 0 Å². The first-order chi connectivity index (χ1) is 18.3. The maximum atomic E-state index is 13.6. The van der Waals surface area contributed by atoms with E-state index in [1.54, 1.807) is 0 Å². The Labute approximate surface area is 229 Å². The molecule has 0 atom stereocenters. The lowest BCUT2D eigenvalue weighted by atomic mass is 9.95. The number of dihydropyridines is 1. The van der Waals surface area contributed by atoms with Crippen molar-refractivity contribution in [2.45, 2.75) is 59.4 Å². The number of allylic oxidation sites excluding steroid dienone is 3. The molecule has 0 saturated carbocycles. The molecule has 2 fully saturated rings. The number of carbonyl (C=O) groups excluding carboxylic acids is 1. The molecule has 6 nitrogen and oxygen atoms in total. The standard InChI is InChI=1S/C32H44N4O2/c1-7-36(28-12-16-38-17-13-28)31-20-27(9-8-26-10-14-35(6)15-11-26)19-29(24(31)4)32(37)33-21-30-22(2)18-23(3)34-25(30)5/h18-20,26,28,34H,5,7,10-17,21H2,1-4,6H3,(H,33,37). The number of anilines is 1. The largest absolute Gasteiger partial charge is 0.381 e. The van der Waals surface area contributed by atoms with Gasteiger partial charge in [-0.2, -0.15) is 0 Å². The number of carbonyl (C=O) groups is 1. The first-order valence-corrected chi connectivity index (χ1v) is 14.1. The highest BCUT2D eigenvalue weighted by atomic mass is 16.5. The van der Waals surface area contributed by atoms with Crippen molar-refractivity contribution >= 4 is 11.6 Å². The van der Waals surface area contributed by atoms with Crippen molar-refractivity contribution in [1.29, 1.82) is 0 Å². The summed E-state index contributed by atoms with van der Waals surface area (Å²) in [6, 6.07) is 4.58. The zero-order chi connectivity index (χ0) is 27.2. The molecule has 4 rings (SSSR count). The van der Waals surface area contributed by atoms with Crippen LogP contribution in [-0.4, -0.2) is 63.3 Å². The number of ether oxygens (including phenoxy) is 1. The van der Waals surface area contributed by atoms with Crippen LogP contribution in [0.4, 0.5) is 5.69 Å². The lowest BCUT2D eigenvalue weighted by Crippen LogP contribution is -2.40. The number of amides is 1. The summed E-state index contributed by atoms with van der Waals surface area (Å²) in [4.78, 5) is 18.4. The summed E-state index contributed by atoms with van der Waals surface area (Å²) < 4.78 is 5.64. The second kappa shape index (κ2) is 12.7. The fraction of sp³-hybridized carbons (Fsp3) is 0.531. The SMILES string of the molecule is C=C1NC(C)=CC(C)=C1CNC(=O)c1cc(C#CC2CCN(C)CC2)cc(N(CC)C2CCOCC2)c1C. The summed E-state index contributed by atoms with van der Waals surface area (Å²) in [6.45, 7) is 17.5. The summed E-state index contributed by atoms with van der Waals surface area (Å²) in [6.07, 6.45) is 6.27. The molecule has 0 aromatic heterocycles. The van der Waals surface area contributed by atoms with Crippen LogP contribution < -0.4 is 15.5 Å². The molecule has 1 amide bonds. The molecule has 0 spiro atoms. The minimum absolute atomic E-state index is 0.0749. The normalized spacial score (nSPS) is 19.4. The fourth-order valence-corrected chi connectivity index (χ4v) is 5.78. The average Bonchev–Trinajstić information content (AvgIpc) is 2.90. The van der Waals surface area contributed by atoms with Crippen molar-refractivity contribution in [3.8, 4) is 11.8 Å². The van der Waals surface area contributed by atoms with Gasteiger partial charge in [-0.15, -0.1) is 0 Å². The Morgan fingerprint density at radius 3 is 2.55 bits per heavy atom. The smallest absolute Gasteiger partial charge is 0.251 e. The molecule has 3 heterocycles. The van der Waals surface area contributed by atoms with Gasteiger partial charge in [-0.25, -0.2) is 0 Å². The molecule has 0 radical (unpaired) electrons. The summed E-state index contributed by atoms with van der Waals surface area (Å²) in [5.74, 6) is 7.31. The Balaban J connectivity index is 1.64. The van der Waals surface area contributed by atoms with Crippen molar-refractivity contribution < 1.29 is 9.53 Å². The van der Waals surface area contributed by atoms with Gasteiger partial charge in [0.1, 0.15) is 0 Å². The zero-order valence-corrected chi connectivity index (χ0v) is 23.9. The summed E-state index contributed by atoms with van der Waals surface area (Å²) in [5, 5.41) is 6.45. The van der Waals surface area contributed by atoms with Gasteiger partial charge in [0.2, 0.25) is 0 Å². The number of piperidine rings is 1. The van der Waals surface area contributed by atoms with Gasteiger partial charge in [0.25, 0.3) is 5.91 Å². The predicted octanol–water partition coefficient (Wildman–Crippen LogP) is 4.76. The summed E-state index contributed by atoms with van der Waals surface area (Å²) in [5.41, 5.74) is 7.77. The molecular formula is C32H44N4O2. The van der Waals surface area contributed by atoms with Crippen LogP contribution >= 0.6 is 0 Å². The van der Waals surface area contributed by atoms with Gasteiger partial charge < -0.3 is 25.2 Å². The van der Waals surface area contributed by atoms with E-state index in [4.69, 9.17) is 4.74 Å². The maximum Gasteiger partial charge on any atom is 0.251 e. The maximum absolute atomic E-state index is 13.6. The number of rotatable bonds is 6. The third kappa shape index (κ3) is 6.70. The predicted molar refractivity (Wildman–Crippen MR) is 156 cm³/mol. The average molecular weight is 517 g/mol. The quantitative estimate of drug-likeness (QED) is 0.534. The van der Waals surface area contributed by atoms with Crippen LogP contribution in [0.5, 0.6) is 0 Å². The van der Waals surface area contributed by atoms with Crippen LogP contribution in [0.25, 0.3) is 0 Å². The van der Waals surface area contributed by atoms with E-state index < -0.39 is 0 Å². The van der Waals surface area contributed by atoms with E-state index in [9.17, 15) is 4.79 Å². The van der Waals surface area contributed by atoms with Crippen LogP contribution in [0.2, 0.25) is 0 Å². The highest BCUT2D eigenvalue weighted by molar-refractivity contribution is 5.98. The molecule has 1 aromatic carbocycles. The van der Waals surface area contributed by atoms with Crippen LogP contribution in [-0.2, 0) is 4.74 Å². The Bertz CT molecular complexity index is 1170. The van der Waals surface area contributed by atoms with Crippen molar-refractivity contribution in [2.75, 3.05) is 51.3 Å². The zero-order valence-electron chi connectivity index (χ0n) is 23.9. The third-order valence-corrected chi connectivity index (χ3v) is 8.09. The van der Waals surface area contributed by atoms with Gasteiger partial charge in [-0.05, 0) is 108 Å².